The van der Waals surface area contributed by atoms with Gasteiger partial charge in [0.1, 0.15) is 0 Å². The first kappa shape index (κ1) is 13.7. The Labute approximate surface area is 114 Å². The van der Waals surface area contributed by atoms with Crippen molar-refractivity contribution in [3.8, 4) is 5.69 Å². The van der Waals surface area contributed by atoms with E-state index in [1.165, 1.54) is 16.8 Å². The van der Waals surface area contributed by atoms with E-state index in [9.17, 15) is 14.9 Å². The van der Waals surface area contributed by atoms with Crippen molar-refractivity contribution in [2.24, 2.45) is 0 Å². The minimum Gasteiger partial charge on any atom is -0.461 e. The average molecular weight is 275 g/mol. The highest BCUT2D eigenvalue weighted by atomic mass is 16.6. The molecule has 0 bridgehead atoms. The molecule has 0 radical (unpaired) electrons. The SMILES string of the molecule is CCOC(=O)c1cc(C)n(-c2cccc([N+](=O)[O-])c2)n1. The fourth-order valence-corrected chi connectivity index (χ4v) is 1.78. The van der Waals surface area contributed by atoms with Gasteiger partial charge in [-0.3, -0.25) is 10.1 Å². The first-order valence-corrected chi connectivity index (χ1v) is 6.01. The van der Waals surface area contributed by atoms with Crippen LogP contribution in [0.25, 0.3) is 5.69 Å². The Morgan fingerprint density at radius 3 is 2.85 bits per heavy atom. The largest absolute Gasteiger partial charge is 0.461 e. The third-order valence-electron chi connectivity index (χ3n) is 2.66. The van der Waals surface area contributed by atoms with Crippen LogP contribution < -0.4 is 0 Å². The molecule has 20 heavy (non-hydrogen) atoms. The second-order valence-corrected chi connectivity index (χ2v) is 4.08. The van der Waals surface area contributed by atoms with Crippen LogP contribution in [0.4, 0.5) is 5.69 Å². The van der Waals surface area contributed by atoms with Gasteiger partial charge in [0.15, 0.2) is 5.69 Å². The van der Waals surface area contributed by atoms with Crippen molar-refractivity contribution in [3.63, 3.8) is 0 Å². The van der Waals surface area contributed by atoms with Gasteiger partial charge in [0.2, 0.25) is 0 Å². The van der Waals surface area contributed by atoms with Gasteiger partial charge in [0, 0.05) is 17.8 Å². The maximum Gasteiger partial charge on any atom is 0.358 e. The number of carbonyl (C=O) groups excluding carboxylic acids is 1. The van der Waals surface area contributed by atoms with Crippen LogP contribution in [0.1, 0.15) is 23.1 Å². The van der Waals surface area contributed by atoms with Gasteiger partial charge in [-0.05, 0) is 26.0 Å². The minimum atomic E-state index is -0.514. The molecule has 104 valence electrons. The van der Waals surface area contributed by atoms with Gasteiger partial charge in [-0.2, -0.15) is 5.10 Å². The van der Waals surface area contributed by atoms with Crippen LogP contribution in [-0.4, -0.2) is 27.3 Å². The Morgan fingerprint density at radius 2 is 2.20 bits per heavy atom. The molecular weight excluding hydrogens is 262 g/mol. The standard InChI is InChI=1S/C13H13N3O4/c1-3-20-13(17)12-7-9(2)15(14-12)10-5-4-6-11(8-10)16(18)19/h4-8H,3H2,1-2H3. The smallest absolute Gasteiger partial charge is 0.358 e. The van der Waals surface area contributed by atoms with E-state index in [1.807, 2.05) is 0 Å². The summed E-state index contributed by atoms with van der Waals surface area (Å²) in [7, 11) is 0. The minimum absolute atomic E-state index is 0.0323. The average Bonchev–Trinajstić information content (AvgIpc) is 2.81. The number of carbonyl (C=O) groups is 1. The van der Waals surface area contributed by atoms with Crippen LogP contribution in [0, 0.1) is 17.0 Å². The van der Waals surface area contributed by atoms with E-state index in [1.54, 1.807) is 32.0 Å². The predicted molar refractivity (Wildman–Crippen MR) is 70.9 cm³/mol. The number of rotatable bonds is 4. The Hall–Kier alpha value is -2.70. The van der Waals surface area contributed by atoms with Crippen LogP contribution in [0.3, 0.4) is 0 Å². The van der Waals surface area contributed by atoms with Crippen molar-refractivity contribution in [3.05, 3.63) is 51.8 Å². The van der Waals surface area contributed by atoms with Crippen LogP contribution in [0.15, 0.2) is 30.3 Å². The molecule has 0 amide bonds. The maximum absolute atomic E-state index is 11.6. The highest BCUT2D eigenvalue weighted by Crippen LogP contribution is 2.18. The predicted octanol–water partition coefficient (Wildman–Crippen LogP) is 2.27. The van der Waals surface area contributed by atoms with E-state index in [4.69, 9.17) is 4.74 Å². The first-order valence-electron chi connectivity index (χ1n) is 6.01. The summed E-state index contributed by atoms with van der Waals surface area (Å²) in [6, 6.07) is 7.63. The summed E-state index contributed by atoms with van der Waals surface area (Å²) in [6.45, 7) is 3.73. The van der Waals surface area contributed by atoms with E-state index >= 15 is 0 Å². The van der Waals surface area contributed by atoms with E-state index in [0.717, 1.165) is 0 Å². The van der Waals surface area contributed by atoms with Crippen molar-refractivity contribution in [2.75, 3.05) is 6.61 Å². The van der Waals surface area contributed by atoms with Gasteiger partial charge in [0.25, 0.3) is 5.69 Å². The quantitative estimate of drug-likeness (QED) is 0.485. The number of hydrogen-bond acceptors (Lipinski definition) is 5. The van der Waals surface area contributed by atoms with Crippen LogP contribution in [0.2, 0.25) is 0 Å². The molecule has 2 rings (SSSR count). The molecule has 7 nitrogen and oxygen atoms in total. The number of ether oxygens (including phenoxy) is 1. The Kier molecular flexibility index (Phi) is 3.79. The molecule has 0 spiro atoms. The Morgan fingerprint density at radius 1 is 1.45 bits per heavy atom. The van der Waals surface area contributed by atoms with Crippen LogP contribution in [0.5, 0.6) is 0 Å². The molecule has 0 aliphatic heterocycles. The van der Waals surface area contributed by atoms with E-state index in [2.05, 4.69) is 5.10 Å². The van der Waals surface area contributed by atoms with E-state index in [-0.39, 0.29) is 18.0 Å². The molecule has 0 N–H and O–H groups in total. The molecule has 0 atom stereocenters. The number of esters is 1. The van der Waals surface area contributed by atoms with Crippen LogP contribution >= 0.6 is 0 Å². The lowest BCUT2D eigenvalue weighted by atomic mass is 10.3. The molecule has 1 aromatic heterocycles. The lowest BCUT2D eigenvalue weighted by molar-refractivity contribution is -0.384. The van der Waals surface area contributed by atoms with Crippen molar-refractivity contribution in [1.29, 1.82) is 0 Å². The number of non-ortho nitro benzene ring substituents is 1. The molecule has 0 unspecified atom stereocenters. The fourth-order valence-electron chi connectivity index (χ4n) is 1.78. The highest BCUT2D eigenvalue weighted by molar-refractivity contribution is 5.87. The normalized spacial score (nSPS) is 10.3. The molecule has 1 aromatic carbocycles. The monoisotopic (exact) mass is 275 g/mol. The molecule has 7 heteroatoms. The highest BCUT2D eigenvalue weighted by Gasteiger charge is 2.15. The van der Waals surface area contributed by atoms with Gasteiger partial charge in [-0.1, -0.05) is 6.07 Å². The number of benzene rings is 1. The molecule has 0 fully saturated rings. The molecule has 0 saturated carbocycles. The van der Waals surface area contributed by atoms with Crippen molar-refractivity contribution in [1.82, 2.24) is 9.78 Å². The fraction of sp³-hybridized carbons (Fsp3) is 0.231. The summed E-state index contributed by atoms with van der Waals surface area (Å²) in [6.07, 6.45) is 0. The molecule has 1 heterocycles. The zero-order valence-electron chi connectivity index (χ0n) is 11.1. The van der Waals surface area contributed by atoms with Crippen LogP contribution in [-0.2, 0) is 4.74 Å². The van der Waals surface area contributed by atoms with Gasteiger partial charge in [-0.15, -0.1) is 0 Å². The number of aryl methyl sites for hydroxylation is 1. The van der Waals surface area contributed by atoms with E-state index in [0.29, 0.717) is 11.4 Å². The van der Waals surface area contributed by atoms with Gasteiger partial charge < -0.3 is 4.74 Å². The number of hydrogen-bond donors (Lipinski definition) is 0. The summed E-state index contributed by atoms with van der Waals surface area (Å²) in [5.74, 6) is -0.514. The van der Waals surface area contributed by atoms with Gasteiger partial charge in [0.05, 0.1) is 17.2 Å². The van der Waals surface area contributed by atoms with Gasteiger partial charge in [-0.25, -0.2) is 9.48 Å². The molecule has 0 aliphatic rings. The summed E-state index contributed by atoms with van der Waals surface area (Å²) < 4.78 is 6.34. The number of nitro benzene ring substituents is 1. The number of nitrogens with zero attached hydrogens (tertiary/aromatic N) is 3. The lowest BCUT2D eigenvalue weighted by Crippen LogP contribution is -2.07. The molecule has 0 aliphatic carbocycles. The number of aromatic nitrogens is 2. The maximum atomic E-state index is 11.6. The lowest BCUT2D eigenvalue weighted by Gasteiger charge is -2.03. The van der Waals surface area contributed by atoms with Crippen molar-refractivity contribution < 1.29 is 14.5 Å². The van der Waals surface area contributed by atoms with Gasteiger partial charge >= 0.3 is 5.97 Å². The Balaban J connectivity index is 2.40. The number of nitro groups is 1. The van der Waals surface area contributed by atoms with Crippen molar-refractivity contribution >= 4 is 11.7 Å². The third kappa shape index (κ3) is 2.66. The topological polar surface area (TPSA) is 87.3 Å². The summed E-state index contributed by atoms with van der Waals surface area (Å²) in [4.78, 5) is 21.9. The summed E-state index contributed by atoms with van der Waals surface area (Å²) >= 11 is 0. The second kappa shape index (κ2) is 5.52. The summed E-state index contributed by atoms with van der Waals surface area (Å²) in [5.41, 5.74) is 1.35. The zero-order chi connectivity index (χ0) is 14.7. The first-order chi connectivity index (χ1) is 9.52. The zero-order valence-corrected chi connectivity index (χ0v) is 11.1. The van der Waals surface area contributed by atoms with Crippen molar-refractivity contribution in [2.45, 2.75) is 13.8 Å². The summed E-state index contributed by atoms with van der Waals surface area (Å²) in [5, 5.41) is 14.9. The molecular formula is C13H13N3O4. The Bertz CT molecular complexity index is 663. The molecule has 0 saturated heterocycles. The second-order valence-electron chi connectivity index (χ2n) is 4.08. The third-order valence-corrected chi connectivity index (χ3v) is 2.66. The molecule has 2 aromatic rings. The van der Waals surface area contributed by atoms with E-state index < -0.39 is 10.9 Å².